The van der Waals surface area contributed by atoms with Gasteiger partial charge in [0.15, 0.2) is 0 Å². The molecule has 0 amide bonds. The van der Waals surface area contributed by atoms with Crippen LogP contribution in [0.15, 0.2) is 23.7 Å². The number of hydrogen-bond acceptors (Lipinski definition) is 3. The molecule has 4 nitrogen and oxygen atoms in total. The number of aromatic nitrogens is 2. The van der Waals surface area contributed by atoms with Crippen molar-refractivity contribution in [2.24, 2.45) is 5.92 Å². The van der Waals surface area contributed by atoms with Crippen molar-refractivity contribution in [2.45, 2.75) is 20.4 Å². The van der Waals surface area contributed by atoms with Gasteiger partial charge < -0.3 is 5.11 Å². The van der Waals surface area contributed by atoms with Gasteiger partial charge in [0, 0.05) is 12.7 Å². The number of hydrogen-bond donors (Lipinski definition) is 1. The van der Waals surface area contributed by atoms with Gasteiger partial charge in [-0.05, 0) is 17.4 Å². The number of carboxylic acids is 1. The number of rotatable bonds is 4. The summed E-state index contributed by atoms with van der Waals surface area (Å²) in [5.41, 5.74) is 0.834. The van der Waals surface area contributed by atoms with Gasteiger partial charge in [-0.25, -0.2) is 4.79 Å². The van der Waals surface area contributed by atoms with E-state index < -0.39 is 5.97 Å². The van der Waals surface area contributed by atoms with E-state index in [0.717, 1.165) is 11.4 Å². The minimum atomic E-state index is -0.927. The number of carbonyl (C=O) groups is 1. The largest absolute Gasteiger partial charge is 0.478 e. The van der Waals surface area contributed by atoms with E-state index in [-0.39, 0.29) is 5.56 Å². The van der Waals surface area contributed by atoms with Crippen LogP contribution in [0.5, 0.6) is 0 Å². The predicted octanol–water partition coefficient (Wildman–Crippen LogP) is 2.97. The average Bonchev–Trinajstić information content (AvgIpc) is 2.82. The van der Waals surface area contributed by atoms with E-state index in [4.69, 9.17) is 5.11 Å². The average molecular weight is 250 g/mol. The first kappa shape index (κ1) is 11.9. The predicted molar refractivity (Wildman–Crippen MR) is 67.3 cm³/mol. The molecule has 0 aliphatic rings. The molecule has 0 bridgehead atoms. The number of nitrogens with zero attached hydrogens (tertiary/aromatic N) is 2. The third-order valence-corrected chi connectivity index (χ3v) is 3.18. The summed E-state index contributed by atoms with van der Waals surface area (Å²) in [4.78, 5) is 12.1. The van der Waals surface area contributed by atoms with Crippen LogP contribution in [0, 0.1) is 5.92 Å². The highest BCUT2D eigenvalue weighted by Gasteiger charge is 2.17. The Morgan fingerprint density at radius 3 is 2.88 bits per heavy atom. The van der Waals surface area contributed by atoms with Gasteiger partial charge in [-0.1, -0.05) is 19.9 Å². The first-order valence-corrected chi connectivity index (χ1v) is 6.30. The van der Waals surface area contributed by atoms with E-state index in [0.29, 0.717) is 11.6 Å². The van der Waals surface area contributed by atoms with Crippen LogP contribution in [0.25, 0.3) is 10.6 Å². The van der Waals surface area contributed by atoms with Crippen molar-refractivity contribution in [3.05, 3.63) is 29.3 Å². The van der Waals surface area contributed by atoms with Crippen LogP contribution < -0.4 is 0 Å². The van der Waals surface area contributed by atoms with Crippen molar-refractivity contribution < 1.29 is 9.90 Å². The smallest absolute Gasteiger partial charge is 0.339 e. The van der Waals surface area contributed by atoms with Gasteiger partial charge in [-0.2, -0.15) is 5.10 Å². The van der Waals surface area contributed by atoms with E-state index in [1.807, 2.05) is 17.5 Å². The molecular formula is C12H14N2O2S. The standard InChI is InChI=1S/C12H14N2O2S/c1-8(2)6-14-7-9(12(15)16)11(13-14)10-4-3-5-17-10/h3-5,7-8H,6H2,1-2H3,(H,15,16). The maximum absolute atomic E-state index is 11.2. The van der Waals surface area contributed by atoms with Gasteiger partial charge in [0.05, 0.1) is 4.88 Å². The van der Waals surface area contributed by atoms with E-state index in [9.17, 15) is 4.79 Å². The fourth-order valence-corrected chi connectivity index (χ4v) is 2.36. The summed E-state index contributed by atoms with van der Waals surface area (Å²) in [6, 6.07) is 3.78. The molecule has 0 radical (unpaired) electrons. The SMILES string of the molecule is CC(C)Cn1cc(C(=O)O)c(-c2cccs2)n1. The summed E-state index contributed by atoms with van der Waals surface area (Å²) >= 11 is 1.50. The van der Waals surface area contributed by atoms with Crippen LogP contribution in [0.1, 0.15) is 24.2 Å². The van der Waals surface area contributed by atoms with E-state index in [1.54, 1.807) is 10.9 Å². The zero-order valence-electron chi connectivity index (χ0n) is 9.75. The maximum atomic E-state index is 11.2. The summed E-state index contributed by atoms with van der Waals surface area (Å²) in [5.74, 6) is -0.490. The van der Waals surface area contributed by atoms with Crippen LogP contribution in [-0.4, -0.2) is 20.9 Å². The summed E-state index contributed by atoms with van der Waals surface area (Å²) in [5, 5.41) is 15.4. The summed E-state index contributed by atoms with van der Waals surface area (Å²) in [7, 11) is 0. The molecule has 2 rings (SSSR count). The zero-order valence-corrected chi connectivity index (χ0v) is 10.6. The van der Waals surface area contributed by atoms with Gasteiger partial charge in [0.25, 0.3) is 0 Å². The lowest BCUT2D eigenvalue weighted by molar-refractivity contribution is 0.0697. The molecule has 2 heterocycles. The Labute approximate surface area is 104 Å². The Bertz CT molecular complexity index is 515. The minimum Gasteiger partial charge on any atom is -0.478 e. The quantitative estimate of drug-likeness (QED) is 0.907. The molecule has 0 saturated carbocycles. The van der Waals surface area contributed by atoms with Crippen molar-refractivity contribution in [3.63, 3.8) is 0 Å². The van der Waals surface area contributed by atoms with Gasteiger partial charge in [0.2, 0.25) is 0 Å². The fraction of sp³-hybridized carbons (Fsp3) is 0.333. The highest BCUT2D eigenvalue weighted by Crippen LogP contribution is 2.26. The highest BCUT2D eigenvalue weighted by molar-refractivity contribution is 7.13. The molecule has 2 aromatic rings. The number of aromatic carboxylic acids is 1. The number of thiophene rings is 1. The second kappa shape index (κ2) is 4.71. The molecule has 0 unspecified atom stereocenters. The second-order valence-electron chi connectivity index (χ2n) is 4.29. The van der Waals surface area contributed by atoms with E-state index >= 15 is 0 Å². The normalized spacial score (nSPS) is 11.0. The third kappa shape index (κ3) is 2.55. The number of carboxylic acid groups (broad SMARTS) is 1. The molecule has 17 heavy (non-hydrogen) atoms. The Hall–Kier alpha value is -1.62. The van der Waals surface area contributed by atoms with Gasteiger partial charge >= 0.3 is 5.97 Å². The van der Waals surface area contributed by atoms with E-state index in [1.165, 1.54) is 11.3 Å². The molecule has 0 spiro atoms. The maximum Gasteiger partial charge on any atom is 0.339 e. The Balaban J connectivity index is 2.43. The van der Waals surface area contributed by atoms with Crippen LogP contribution >= 0.6 is 11.3 Å². The minimum absolute atomic E-state index is 0.271. The molecular weight excluding hydrogens is 236 g/mol. The summed E-state index contributed by atoms with van der Waals surface area (Å²) in [6.45, 7) is 4.88. The molecule has 0 aliphatic heterocycles. The third-order valence-electron chi connectivity index (χ3n) is 2.30. The van der Waals surface area contributed by atoms with Crippen LogP contribution in [0.4, 0.5) is 0 Å². The van der Waals surface area contributed by atoms with E-state index in [2.05, 4.69) is 18.9 Å². The van der Waals surface area contributed by atoms with Crippen molar-refractivity contribution >= 4 is 17.3 Å². The summed E-state index contributed by atoms with van der Waals surface area (Å²) in [6.07, 6.45) is 1.61. The first-order chi connectivity index (χ1) is 8.08. The zero-order chi connectivity index (χ0) is 12.4. The molecule has 0 saturated heterocycles. The lowest BCUT2D eigenvalue weighted by Crippen LogP contribution is -2.04. The monoisotopic (exact) mass is 250 g/mol. The van der Waals surface area contributed by atoms with Crippen molar-refractivity contribution in [2.75, 3.05) is 0 Å². The van der Waals surface area contributed by atoms with Gasteiger partial charge in [0.1, 0.15) is 11.3 Å². The molecule has 90 valence electrons. The topological polar surface area (TPSA) is 55.1 Å². The lowest BCUT2D eigenvalue weighted by Gasteiger charge is -2.03. The molecule has 0 fully saturated rings. The summed E-state index contributed by atoms with van der Waals surface area (Å²) < 4.78 is 1.71. The fourth-order valence-electron chi connectivity index (χ4n) is 1.64. The first-order valence-electron chi connectivity index (χ1n) is 5.42. The Kier molecular flexibility index (Phi) is 3.28. The van der Waals surface area contributed by atoms with Crippen molar-refractivity contribution in [1.29, 1.82) is 0 Å². The Morgan fingerprint density at radius 1 is 1.59 bits per heavy atom. The molecule has 2 aromatic heterocycles. The van der Waals surface area contributed by atoms with Gasteiger partial charge in [-0.15, -0.1) is 11.3 Å². The molecule has 5 heteroatoms. The van der Waals surface area contributed by atoms with Crippen LogP contribution in [0.3, 0.4) is 0 Å². The van der Waals surface area contributed by atoms with Gasteiger partial charge in [-0.3, -0.25) is 4.68 Å². The second-order valence-corrected chi connectivity index (χ2v) is 5.24. The van der Waals surface area contributed by atoms with Crippen LogP contribution in [-0.2, 0) is 6.54 Å². The Morgan fingerprint density at radius 2 is 2.35 bits per heavy atom. The van der Waals surface area contributed by atoms with Crippen molar-refractivity contribution in [3.8, 4) is 10.6 Å². The molecule has 0 aliphatic carbocycles. The van der Waals surface area contributed by atoms with Crippen LogP contribution in [0.2, 0.25) is 0 Å². The molecule has 0 aromatic carbocycles. The molecule has 0 atom stereocenters. The van der Waals surface area contributed by atoms with Crippen molar-refractivity contribution in [1.82, 2.24) is 9.78 Å². The molecule has 1 N–H and O–H groups in total. The highest BCUT2D eigenvalue weighted by atomic mass is 32.1. The lowest BCUT2D eigenvalue weighted by atomic mass is 10.2.